The van der Waals surface area contributed by atoms with Crippen LogP contribution in [0.3, 0.4) is 0 Å². The van der Waals surface area contributed by atoms with Gasteiger partial charge in [-0.3, -0.25) is 14.9 Å². The molecule has 134 valence electrons. The zero-order chi connectivity index (χ0) is 18.4. The molecule has 2 aromatic heterocycles. The number of benzene rings is 1. The summed E-state index contributed by atoms with van der Waals surface area (Å²) in [5.41, 5.74) is 1.71. The second kappa shape index (κ2) is 8.64. The molecule has 0 radical (unpaired) electrons. The van der Waals surface area contributed by atoms with E-state index in [1.54, 1.807) is 17.5 Å². The number of amides is 2. The van der Waals surface area contributed by atoms with Gasteiger partial charge in [0.15, 0.2) is 10.9 Å². The standard InChI is InChI=1S/C18H16ClN3O3S/c19-13-5-3-12(4-6-13)7-8-20-16(23)10-14-11-26-18(21-14)22-17(24)15-2-1-9-25-15/h1-6,9,11H,7-8,10H2,(H,20,23)(H,21,22,24). The van der Waals surface area contributed by atoms with Gasteiger partial charge in [-0.1, -0.05) is 23.7 Å². The first kappa shape index (κ1) is 18.2. The third-order valence-corrected chi connectivity index (χ3v) is 4.57. The highest BCUT2D eigenvalue weighted by Crippen LogP contribution is 2.17. The summed E-state index contributed by atoms with van der Waals surface area (Å²) < 4.78 is 5.02. The van der Waals surface area contributed by atoms with Gasteiger partial charge in [0.05, 0.1) is 18.4 Å². The Hall–Kier alpha value is -2.64. The van der Waals surface area contributed by atoms with E-state index in [4.69, 9.17) is 16.0 Å². The predicted octanol–water partition coefficient (Wildman–Crippen LogP) is 3.54. The lowest BCUT2D eigenvalue weighted by Gasteiger charge is -2.04. The number of nitrogens with one attached hydrogen (secondary N) is 2. The maximum atomic E-state index is 12.0. The summed E-state index contributed by atoms with van der Waals surface area (Å²) >= 11 is 7.10. The van der Waals surface area contributed by atoms with Crippen LogP contribution in [0.1, 0.15) is 21.8 Å². The summed E-state index contributed by atoms with van der Waals surface area (Å²) in [7, 11) is 0. The molecule has 0 saturated carbocycles. The third-order valence-electron chi connectivity index (χ3n) is 3.51. The molecule has 0 unspecified atom stereocenters. The molecule has 0 aliphatic rings. The number of furan rings is 1. The van der Waals surface area contributed by atoms with Crippen LogP contribution in [0.2, 0.25) is 5.02 Å². The van der Waals surface area contributed by atoms with Crippen molar-refractivity contribution in [1.29, 1.82) is 0 Å². The van der Waals surface area contributed by atoms with Crippen LogP contribution in [0.5, 0.6) is 0 Å². The lowest BCUT2D eigenvalue weighted by Crippen LogP contribution is -2.27. The molecule has 0 aliphatic carbocycles. The fourth-order valence-corrected chi connectivity index (χ4v) is 3.07. The first-order chi connectivity index (χ1) is 12.6. The molecule has 1 aromatic carbocycles. The topological polar surface area (TPSA) is 84.2 Å². The highest BCUT2D eigenvalue weighted by Gasteiger charge is 2.12. The van der Waals surface area contributed by atoms with Crippen molar-refractivity contribution in [2.24, 2.45) is 0 Å². The summed E-state index contributed by atoms with van der Waals surface area (Å²) in [5.74, 6) is -0.279. The Kier molecular flexibility index (Phi) is 6.04. The highest BCUT2D eigenvalue weighted by molar-refractivity contribution is 7.14. The van der Waals surface area contributed by atoms with E-state index < -0.39 is 0 Å². The van der Waals surface area contributed by atoms with Crippen molar-refractivity contribution >= 4 is 39.9 Å². The van der Waals surface area contributed by atoms with Crippen LogP contribution in [-0.4, -0.2) is 23.3 Å². The number of carbonyl (C=O) groups excluding carboxylic acids is 2. The Morgan fingerprint density at radius 3 is 2.73 bits per heavy atom. The van der Waals surface area contributed by atoms with Gasteiger partial charge in [-0.2, -0.15) is 0 Å². The van der Waals surface area contributed by atoms with Crippen molar-refractivity contribution in [1.82, 2.24) is 10.3 Å². The molecule has 3 aromatic rings. The van der Waals surface area contributed by atoms with Crippen molar-refractivity contribution in [2.45, 2.75) is 12.8 Å². The second-order valence-electron chi connectivity index (χ2n) is 5.48. The van der Waals surface area contributed by atoms with Crippen LogP contribution in [0.25, 0.3) is 0 Å². The van der Waals surface area contributed by atoms with Crippen LogP contribution in [0.15, 0.2) is 52.5 Å². The van der Waals surface area contributed by atoms with Crippen LogP contribution >= 0.6 is 22.9 Å². The molecule has 0 spiro atoms. The van der Waals surface area contributed by atoms with Crippen LogP contribution < -0.4 is 10.6 Å². The maximum absolute atomic E-state index is 12.0. The summed E-state index contributed by atoms with van der Waals surface area (Å²) in [4.78, 5) is 28.1. The van der Waals surface area contributed by atoms with E-state index in [1.807, 2.05) is 24.3 Å². The SMILES string of the molecule is O=C(Cc1csc(NC(=O)c2ccco2)n1)NCCc1ccc(Cl)cc1. The summed E-state index contributed by atoms with van der Waals surface area (Å²) in [6.07, 6.45) is 2.31. The minimum absolute atomic E-state index is 0.117. The molecule has 0 fully saturated rings. The van der Waals surface area contributed by atoms with Crippen LogP contribution in [-0.2, 0) is 17.6 Å². The van der Waals surface area contributed by atoms with Gasteiger partial charge in [-0.05, 0) is 36.2 Å². The lowest BCUT2D eigenvalue weighted by atomic mass is 10.1. The van der Waals surface area contributed by atoms with E-state index in [-0.39, 0.29) is 24.0 Å². The number of halogens is 1. The van der Waals surface area contributed by atoms with E-state index in [0.29, 0.717) is 22.4 Å². The van der Waals surface area contributed by atoms with Gasteiger partial charge < -0.3 is 9.73 Å². The summed E-state index contributed by atoms with van der Waals surface area (Å²) in [6.45, 7) is 0.534. The monoisotopic (exact) mass is 389 g/mol. The normalized spacial score (nSPS) is 10.5. The fourth-order valence-electron chi connectivity index (χ4n) is 2.24. The molecule has 0 saturated heterocycles. The minimum Gasteiger partial charge on any atom is -0.459 e. The van der Waals surface area contributed by atoms with Gasteiger partial charge in [-0.25, -0.2) is 4.98 Å². The minimum atomic E-state index is -0.372. The molecular formula is C18H16ClN3O3S. The van der Waals surface area contributed by atoms with Crippen molar-refractivity contribution in [3.8, 4) is 0 Å². The van der Waals surface area contributed by atoms with Crippen molar-refractivity contribution in [3.05, 3.63) is 70.1 Å². The number of hydrogen-bond donors (Lipinski definition) is 2. The van der Waals surface area contributed by atoms with E-state index in [1.165, 1.54) is 17.6 Å². The Balaban J connectivity index is 1.44. The quantitative estimate of drug-likeness (QED) is 0.647. The molecule has 2 amide bonds. The number of thiazole rings is 1. The molecule has 2 heterocycles. The molecular weight excluding hydrogens is 374 g/mol. The second-order valence-corrected chi connectivity index (χ2v) is 6.77. The Labute approximate surface area is 159 Å². The number of aromatic nitrogens is 1. The van der Waals surface area contributed by atoms with Gasteiger partial charge in [-0.15, -0.1) is 11.3 Å². The van der Waals surface area contributed by atoms with Gasteiger partial charge in [0.25, 0.3) is 5.91 Å². The van der Waals surface area contributed by atoms with Crippen molar-refractivity contribution in [2.75, 3.05) is 11.9 Å². The van der Waals surface area contributed by atoms with Gasteiger partial charge in [0.2, 0.25) is 5.91 Å². The zero-order valence-electron chi connectivity index (χ0n) is 13.7. The average molecular weight is 390 g/mol. The predicted molar refractivity (Wildman–Crippen MR) is 101 cm³/mol. The van der Waals surface area contributed by atoms with Crippen molar-refractivity contribution in [3.63, 3.8) is 0 Å². The number of nitrogens with zero attached hydrogens (tertiary/aromatic N) is 1. The number of hydrogen-bond acceptors (Lipinski definition) is 5. The summed E-state index contributed by atoms with van der Waals surface area (Å²) in [6, 6.07) is 10.7. The highest BCUT2D eigenvalue weighted by atomic mass is 35.5. The van der Waals surface area contributed by atoms with Crippen LogP contribution in [0, 0.1) is 0 Å². The largest absolute Gasteiger partial charge is 0.459 e. The molecule has 8 heteroatoms. The van der Waals surface area contributed by atoms with E-state index in [2.05, 4.69) is 15.6 Å². The Bertz CT molecular complexity index is 875. The van der Waals surface area contributed by atoms with Gasteiger partial charge in [0.1, 0.15) is 0 Å². The first-order valence-electron chi connectivity index (χ1n) is 7.90. The average Bonchev–Trinajstić information content (AvgIpc) is 3.29. The van der Waals surface area contributed by atoms with E-state index in [0.717, 1.165) is 12.0 Å². The number of carbonyl (C=O) groups is 2. The molecule has 2 N–H and O–H groups in total. The Morgan fingerprint density at radius 1 is 1.19 bits per heavy atom. The van der Waals surface area contributed by atoms with Gasteiger partial charge >= 0.3 is 0 Å². The molecule has 6 nitrogen and oxygen atoms in total. The maximum Gasteiger partial charge on any atom is 0.293 e. The molecule has 0 atom stereocenters. The number of anilines is 1. The molecule has 0 bridgehead atoms. The third kappa shape index (κ3) is 5.18. The molecule has 0 aliphatic heterocycles. The number of rotatable bonds is 7. The lowest BCUT2D eigenvalue weighted by molar-refractivity contribution is -0.120. The first-order valence-corrected chi connectivity index (χ1v) is 9.16. The fraction of sp³-hybridized carbons (Fsp3) is 0.167. The molecule has 3 rings (SSSR count). The smallest absolute Gasteiger partial charge is 0.293 e. The summed E-state index contributed by atoms with van der Waals surface area (Å²) in [5, 5.41) is 8.36. The van der Waals surface area contributed by atoms with Crippen LogP contribution in [0.4, 0.5) is 5.13 Å². The molecule has 26 heavy (non-hydrogen) atoms. The van der Waals surface area contributed by atoms with Crippen molar-refractivity contribution < 1.29 is 14.0 Å². The Morgan fingerprint density at radius 2 is 2.00 bits per heavy atom. The van der Waals surface area contributed by atoms with Gasteiger partial charge in [0, 0.05) is 16.9 Å². The van der Waals surface area contributed by atoms with E-state index >= 15 is 0 Å². The van der Waals surface area contributed by atoms with E-state index in [9.17, 15) is 9.59 Å². The zero-order valence-corrected chi connectivity index (χ0v) is 15.3.